The molecule has 0 amide bonds. The molecule has 0 aliphatic carbocycles. The lowest BCUT2D eigenvalue weighted by Gasteiger charge is -2.10. The van der Waals surface area contributed by atoms with Crippen LogP contribution in [-0.4, -0.2) is 9.56 Å². The molecule has 1 heterocycles. The molecule has 2 N–H and O–H groups in total. The highest BCUT2D eigenvalue weighted by Crippen LogP contribution is 2.18. The molecule has 0 aliphatic rings. The second kappa shape index (κ2) is 5.36. The second-order valence-corrected chi connectivity index (χ2v) is 4.85. The monoisotopic (exact) mass is 272 g/mol. The van der Waals surface area contributed by atoms with Crippen molar-refractivity contribution in [3.05, 3.63) is 57.9 Å². The number of hydrogen-bond donors (Lipinski definition) is 1. The first-order valence-corrected chi connectivity index (χ1v) is 6.54. The molecule has 3 nitrogen and oxygen atoms in total. The highest BCUT2D eigenvalue weighted by molar-refractivity contribution is 7.80. The highest BCUT2D eigenvalue weighted by Gasteiger charge is 2.09. The van der Waals surface area contributed by atoms with Gasteiger partial charge in [0.25, 0.3) is 5.56 Å². The Bertz CT molecular complexity index is 672. The number of hydrogen-bond acceptors (Lipinski definition) is 2. The fourth-order valence-electron chi connectivity index (χ4n) is 2.02. The number of rotatable bonds is 3. The molecule has 0 fully saturated rings. The van der Waals surface area contributed by atoms with Gasteiger partial charge in [0, 0.05) is 7.05 Å². The summed E-state index contributed by atoms with van der Waals surface area (Å²) >= 11 is 4.87. The standard InChI is InChI=1S/C15H16N2OS/c1-3-10-4-6-11(7-5-10)13-9-8-12(14(16)19)15(18)17(13)2/h4-9H,3H2,1-2H3,(H2,16,19). The number of benzene rings is 1. The largest absolute Gasteiger partial charge is 0.389 e. The Balaban J connectivity index is 2.54. The topological polar surface area (TPSA) is 48.0 Å². The third-order valence-electron chi connectivity index (χ3n) is 3.23. The number of nitrogens with two attached hydrogens (primary N) is 1. The van der Waals surface area contributed by atoms with Crippen LogP contribution in [0.25, 0.3) is 11.3 Å². The average Bonchev–Trinajstić information content (AvgIpc) is 2.41. The van der Waals surface area contributed by atoms with Gasteiger partial charge in [-0.2, -0.15) is 0 Å². The van der Waals surface area contributed by atoms with Gasteiger partial charge in [-0.15, -0.1) is 0 Å². The molecular formula is C15H16N2OS. The lowest BCUT2D eigenvalue weighted by molar-refractivity contribution is 0.867. The molecule has 0 aliphatic heterocycles. The van der Waals surface area contributed by atoms with Crippen LogP contribution in [0.4, 0.5) is 0 Å². The van der Waals surface area contributed by atoms with Gasteiger partial charge in [0.2, 0.25) is 0 Å². The van der Waals surface area contributed by atoms with Crippen LogP contribution in [0.15, 0.2) is 41.2 Å². The lowest BCUT2D eigenvalue weighted by atomic mass is 10.1. The van der Waals surface area contributed by atoms with Gasteiger partial charge in [-0.05, 0) is 29.7 Å². The van der Waals surface area contributed by atoms with Crippen LogP contribution >= 0.6 is 12.2 Å². The molecule has 0 saturated heterocycles. The van der Waals surface area contributed by atoms with E-state index in [0.717, 1.165) is 17.7 Å². The van der Waals surface area contributed by atoms with Crippen molar-refractivity contribution in [2.45, 2.75) is 13.3 Å². The summed E-state index contributed by atoms with van der Waals surface area (Å²) in [6.07, 6.45) is 1.000. The van der Waals surface area contributed by atoms with Gasteiger partial charge >= 0.3 is 0 Å². The van der Waals surface area contributed by atoms with Crippen molar-refractivity contribution in [3.8, 4) is 11.3 Å². The fourth-order valence-corrected chi connectivity index (χ4v) is 2.18. The first-order chi connectivity index (χ1) is 9.04. The molecule has 0 spiro atoms. The van der Waals surface area contributed by atoms with Crippen molar-refractivity contribution in [2.75, 3.05) is 0 Å². The zero-order valence-electron chi connectivity index (χ0n) is 11.0. The maximum atomic E-state index is 12.1. The van der Waals surface area contributed by atoms with E-state index in [-0.39, 0.29) is 10.5 Å². The lowest BCUT2D eigenvalue weighted by Crippen LogP contribution is -2.28. The van der Waals surface area contributed by atoms with E-state index in [9.17, 15) is 4.79 Å². The number of nitrogens with zero attached hydrogens (tertiary/aromatic N) is 1. The third kappa shape index (κ3) is 2.58. The van der Waals surface area contributed by atoms with E-state index in [0.29, 0.717) is 5.56 Å². The van der Waals surface area contributed by atoms with Gasteiger partial charge in [-0.25, -0.2) is 0 Å². The summed E-state index contributed by atoms with van der Waals surface area (Å²) in [6, 6.07) is 11.7. The Morgan fingerprint density at radius 1 is 1.21 bits per heavy atom. The number of aryl methyl sites for hydroxylation is 1. The second-order valence-electron chi connectivity index (χ2n) is 4.41. The van der Waals surface area contributed by atoms with Crippen LogP contribution in [0.1, 0.15) is 18.1 Å². The predicted octanol–water partition coefficient (Wildman–Crippen LogP) is 2.25. The Kier molecular flexibility index (Phi) is 3.81. The Morgan fingerprint density at radius 3 is 2.37 bits per heavy atom. The molecule has 2 aromatic rings. The van der Waals surface area contributed by atoms with Gasteiger partial charge < -0.3 is 10.3 Å². The molecule has 0 saturated carbocycles. The smallest absolute Gasteiger partial charge is 0.261 e. The van der Waals surface area contributed by atoms with Crippen LogP contribution in [0.3, 0.4) is 0 Å². The van der Waals surface area contributed by atoms with Gasteiger partial charge in [-0.3, -0.25) is 4.79 Å². The molecule has 0 bridgehead atoms. The zero-order chi connectivity index (χ0) is 14.0. The molecule has 2 rings (SSSR count). The summed E-state index contributed by atoms with van der Waals surface area (Å²) in [7, 11) is 1.73. The maximum Gasteiger partial charge on any atom is 0.261 e. The minimum absolute atomic E-state index is 0.133. The van der Waals surface area contributed by atoms with Crippen molar-refractivity contribution >= 4 is 17.2 Å². The van der Waals surface area contributed by atoms with E-state index in [1.165, 1.54) is 5.56 Å². The molecule has 0 radical (unpaired) electrons. The molecule has 0 unspecified atom stereocenters. The SMILES string of the molecule is CCc1ccc(-c2ccc(C(N)=S)c(=O)n2C)cc1. The Morgan fingerprint density at radius 2 is 1.84 bits per heavy atom. The molecule has 1 aromatic carbocycles. The quantitative estimate of drug-likeness (QED) is 0.872. The van der Waals surface area contributed by atoms with E-state index in [1.807, 2.05) is 18.2 Å². The molecular weight excluding hydrogens is 256 g/mol. The van der Waals surface area contributed by atoms with Crippen LogP contribution in [0.2, 0.25) is 0 Å². The maximum absolute atomic E-state index is 12.1. The van der Waals surface area contributed by atoms with Crippen LogP contribution < -0.4 is 11.3 Å². The average molecular weight is 272 g/mol. The van der Waals surface area contributed by atoms with E-state index in [2.05, 4.69) is 19.1 Å². The van der Waals surface area contributed by atoms with Crippen molar-refractivity contribution < 1.29 is 0 Å². The third-order valence-corrected chi connectivity index (χ3v) is 3.45. The summed E-state index contributed by atoms with van der Waals surface area (Å²) < 4.78 is 1.58. The first kappa shape index (κ1) is 13.5. The normalized spacial score (nSPS) is 10.4. The summed E-state index contributed by atoms with van der Waals surface area (Å²) in [5, 5.41) is 0. The van der Waals surface area contributed by atoms with Crippen molar-refractivity contribution in [1.82, 2.24) is 4.57 Å². The predicted molar refractivity (Wildman–Crippen MR) is 82.4 cm³/mol. The van der Waals surface area contributed by atoms with Crippen LogP contribution in [-0.2, 0) is 13.5 Å². The fraction of sp³-hybridized carbons (Fsp3) is 0.200. The van der Waals surface area contributed by atoms with Gasteiger partial charge in [0.05, 0.1) is 11.3 Å². The summed E-state index contributed by atoms with van der Waals surface area (Å²) in [5.74, 6) is 0. The van der Waals surface area contributed by atoms with Crippen LogP contribution in [0.5, 0.6) is 0 Å². The molecule has 4 heteroatoms. The molecule has 0 atom stereocenters. The van der Waals surface area contributed by atoms with E-state index in [1.54, 1.807) is 17.7 Å². The Hall–Kier alpha value is -1.94. The number of aromatic nitrogens is 1. The molecule has 19 heavy (non-hydrogen) atoms. The minimum atomic E-state index is -0.162. The summed E-state index contributed by atoms with van der Waals surface area (Å²) in [5.41, 5.74) is 8.88. The summed E-state index contributed by atoms with van der Waals surface area (Å²) in [4.78, 5) is 12.3. The number of pyridine rings is 1. The van der Waals surface area contributed by atoms with Gasteiger partial charge in [0.15, 0.2) is 0 Å². The van der Waals surface area contributed by atoms with E-state index in [4.69, 9.17) is 18.0 Å². The first-order valence-electron chi connectivity index (χ1n) is 6.13. The van der Waals surface area contributed by atoms with E-state index >= 15 is 0 Å². The van der Waals surface area contributed by atoms with Gasteiger partial charge in [0.1, 0.15) is 4.99 Å². The molecule has 98 valence electrons. The van der Waals surface area contributed by atoms with Crippen molar-refractivity contribution in [1.29, 1.82) is 0 Å². The van der Waals surface area contributed by atoms with Crippen molar-refractivity contribution in [3.63, 3.8) is 0 Å². The van der Waals surface area contributed by atoms with E-state index < -0.39 is 0 Å². The number of thiocarbonyl (C=S) groups is 1. The molecule has 1 aromatic heterocycles. The summed E-state index contributed by atoms with van der Waals surface area (Å²) in [6.45, 7) is 2.11. The van der Waals surface area contributed by atoms with Crippen LogP contribution in [0, 0.1) is 0 Å². The Labute approximate surface area is 117 Å². The highest BCUT2D eigenvalue weighted by atomic mass is 32.1. The zero-order valence-corrected chi connectivity index (χ0v) is 11.8. The van der Waals surface area contributed by atoms with Crippen molar-refractivity contribution in [2.24, 2.45) is 12.8 Å². The van der Waals surface area contributed by atoms with Gasteiger partial charge in [-0.1, -0.05) is 43.4 Å². The minimum Gasteiger partial charge on any atom is -0.389 e.